The average Bonchev–Trinajstić information content (AvgIpc) is 3.15. The number of anilines is 2. The van der Waals surface area contributed by atoms with Gasteiger partial charge in [0.25, 0.3) is 5.91 Å². The van der Waals surface area contributed by atoms with E-state index in [1.807, 2.05) is 25.1 Å². The van der Waals surface area contributed by atoms with Gasteiger partial charge in [0.05, 0.1) is 12.8 Å². The van der Waals surface area contributed by atoms with Gasteiger partial charge in [-0.3, -0.25) is 4.79 Å². The molecule has 0 spiro atoms. The van der Waals surface area contributed by atoms with Crippen molar-refractivity contribution in [3.8, 4) is 5.75 Å². The summed E-state index contributed by atoms with van der Waals surface area (Å²) in [6.45, 7) is 1.94. The van der Waals surface area contributed by atoms with Crippen LogP contribution in [0.3, 0.4) is 0 Å². The van der Waals surface area contributed by atoms with E-state index >= 15 is 0 Å². The first-order valence-corrected chi connectivity index (χ1v) is 9.19. The van der Waals surface area contributed by atoms with Crippen LogP contribution in [-0.2, 0) is 0 Å². The highest BCUT2D eigenvalue weighted by Crippen LogP contribution is 2.25. The van der Waals surface area contributed by atoms with Crippen molar-refractivity contribution in [1.82, 2.24) is 5.32 Å². The van der Waals surface area contributed by atoms with Crippen molar-refractivity contribution in [2.24, 2.45) is 0 Å². The summed E-state index contributed by atoms with van der Waals surface area (Å²) >= 11 is 0. The molecule has 0 unspecified atom stereocenters. The molecular weight excluding hydrogens is 342 g/mol. The molecule has 0 heterocycles. The Morgan fingerprint density at radius 2 is 1.70 bits per heavy atom. The van der Waals surface area contributed by atoms with Crippen LogP contribution in [0.2, 0.25) is 0 Å². The van der Waals surface area contributed by atoms with Crippen LogP contribution < -0.4 is 20.7 Å². The van der Waals surface area contributed by atoms with E-state index in [1.54, 1.807) is 31.4 Å². The highest BCUT2D eigenvalue weighted by atomic mass is 16.5. The van der Waals surface area contributed by atoms with Crippen molar-refractivity contribution in [1.29, 1.82) is 0 Å². The van der Waals surface area contributed by atoms with E-state index in [4.69, 9.17) is 4.74 Å². The molecule has 3 N–H and O–H groups in total. The third kappa shape index (κ3) is 5.00. The van der Waals surface area contributed by atoms with Crippen LogP contribution in [0.25, 0.3) is 0 Å². The number of hydrogen-bond donors (Lipinski definition) is 3. The van der Waals surface area contributed by atoms with Crippen molar-refractivity contribution >= 4 is 23.3 Å². The first-order chi connectivity index (χ1) is 13.0. The molecule has 1 saturated carbocycles. The zero-order chi connectivity index (χ0) is 19.2. The first-order valence-electron chi connectivity index (χ1n) is 9.19. The number of rotatable bonds is 5. The van der Waals surface area contributed by atoms with Gasteiger partial charge >= 0.3 is 6.03 Å². The van der Waals surface area contributed by atoms with E-state index in [1.165, 1.54) is 12.8 Å². The zero-order valence-electron chi connectivity index (χ0n) is 15.7. The number of carbonyl (C=O) groups excluding carboxylic acids is 2. The summed E-state index contributed by atoms with van der Waals surface area (Å²) in [6.07, 6.45) is 4.45. The fourth-order valence-electron chi connectivity index (χ4n) is 3.25. The van der Waals surface area contributed by atoms with E-state index in [9.17, 15) is 9.59 Å². The van der Waals surface area contributed by atoms with Gasteiger partial charge in [0.1, 0.15) is 5.75 Å². The Bertz CT molecular complexity index is 812. The van der Waals surface area contributed by atoms with Crippen LogP contribution >= 0.6 is 0 Å². The summed E-state index contributed by atoms with van der Waals surface area (Å²) in [6, 6.07) is 12.3. The largest absolute Gasteiger partial charge is 0.495 e. The SMILES string of the molecule is COc1ccc(C)cc1NC(=O)Nc1ccc(C(=O)NC2CCCC2)cc1. The number of nitrogens with one attached hydrogen (secondary N) is 3. The minimum atomic E-state index is -0.373. The van der Waals surface area contributed by atoms with Crippen molar-refractivity contribution in [3.63, 3.8) is 0 Å². The molecule has 6 heteroatoms. The van der Waals surface area contributed by atoms with Crippen molar-refractivity contribution < 1.29 is 14.3 Å². The molecular formula is C21H25N3O3. The van der Waals surface area contributed by atoms with Crippen LogP contribution in [0.1, 0.15) is 41.6 Å². The standard InChI is InChI=1S/C21H25N3O3/c1-14-7-12-19(27-2)18(13-14)24-21(26)23-17-10-8-15(9-11-17)20(25)22-16-5-3-4-6-16/h7-13,16H,3-6H2,1-2H3,(H,22,25)(H2,23,24,26). The molecule has 2 aromatic rings. The second-order valence-electron chi connectivity index (χ2n) is 6.82. The Balaban J connectivity index is 1.58. The van der Waals surface area contributed by atoms with E-state index in [0.717, 1.165) is 18.4 Å². The summed E-state index contributed by atoms with van der Waals surface area (Å²) in [4.78, 5) is 24.5. The molecule has 6 nitrogen and oxygen atoms in total. The predicted octanol–water partition coefficient (Wildman–Crippen LogP) is 4.32. The van der Waals surface area contributed by atoms with Gasteiger partial charge in [-0.15, -0.1) is 0 Å². The normalized spacial score (nSPS) is 13.9. The topological polar surface area (TPSA) is 79.5 Å². The highest BCUT2D eigenvalue weighted by Gasteiger charge is 2.18. The monoisotopic (exact) mass is 367 g/mol. The van der Waals surface area contributed by atoms with Crippen molar-refractivity contribution in [3.05, 3.63) is 53.6 Å². The summed E-state index contributed by atoms with van der Waals surface area (Å²) in [5.41, 5.74) is 2.82. The first kappa shape index (κ1) is 18.8. The number of benzene rings is 2. The van der Waals surface area contributed by atoms with E-state index in [2.05, 4.69) is 16.0 Å². The van der Waals surface area contributed by atoms with E-state index in [0.29, 0.717) is 22.7 Å². The highest BCUT2D eigenvalue weighted by molar-refractivity contribution is 6.01. The Morgan fingerprint density at radius 3 is 2.37 bits per heavy atom. The zero-order valence-corrected chi connectivity index (χ0v) is 15.7. The van der Waals surface area contributed by atoms with Gasteiger partial charge < -0.3 is 20.7 Å². The number of urea groups is 1. The van der Waals surface area contributed by atoms with Gasteiger partial charge in [0, 0.05) is 17.3 Å². The smallest absolute Gasteiger partial charge is 0.323 e. The lowest BCUT2D eigenvalue weighted by Gasteiger charge is -2.13. The number of carbonyl (C=O) groups is 2. The molecule has 27 heavy (non-hydrogen) atoms. The number of methoxy groups -OCH3 is 1. The van der Waals surface area contributed by atoms with Gasteiger partial charge in [0.15, 0.2) is 0 Å². The Morgan fingerprint density at radius 1 is 1.00 bits per heavy atom. The molecule has 142 valence electrons. The number of hydrogen-bond acceptors (Lipinski definition) is 3. The van der Waals surface area contributed by atoms with Crippen LogP contribution in [0.5, 0.6) is 5.75 Å². The Hall–Kier alpha value is -3.02. The van der Waals surface area contributed by atoms with Crippen molar-refractivity contribution in [2.75, 3.05) is 17.7 Å². The van der Waals surface area contributed by atoms with Gasteiger partial charge in [-0.25, -0.2) is 4.79 Å². The predicted molar refractivity (Wildman–Crippen MR) is 107 cm³/mol. The van der Waals surface area contributed by atoms with Gasteiger partial charge in [-0.2, -0.15) is 0 Å². The van der Waals surface area contributed by atoms with E-state index in [-0.39, 0.29) is 18.0 Å². The minimum absolute atomic E-state index is 0.0672. The summed E-state index contributed by atoms with van der Waals surface area (Å²) in [5.74, 6) is 0.525. The molecule has 0 radical (unpaired) electrons. The van der Waals surface area contributed by atoms with Gasteiger partial charge in [0.2, 0.25) is 0 Å². The Labute approximate surface area is 159 Å². The molecule has 3 rings (SSSR count). The molecule has 2 aromatic carbocycles. The van der Waals surface area contributed by atoms with E-state index < -0.39 is 0 Å². The van der Waals surface area contributed by atoms with Crippen LogP contribution in [0.15, 0.2) is 42.5 Å². The van der Waals surface area contributed by atoms with Gasteiger partial charge in [-0.05, 0) is 61.7 Å². The average molecular weight is 367 g/mol. The van der Waals surface area contributed by atoms with Crippen LogP contribution in [-0.4, -0.2) is 25.1 Å². The summed E-state index contributed by atoms with van der Waals surface area (Å²) in [5, 5.41) is 8.60. The molecule has 3 amide bonds. The molecule has 1 aliphatic carbocycles. The molecule has 0 saturated heterocycles. The second-order valence-corrected chi connectivity index (χ2v) is 6.82. The lowest BCUT2D eigenvalue weighted by molar-refractivity contribution is 0.0938. The maximum absolute atomic E-state index is 12.3. The number of amides is 3. The second kappa shape index (κ2) is 8.58. The molecule has 1 aliphatic rings. The third-order valence-electron chi connectivity index (χ3n) is 4.70. The quantitative estimate of drug-likeness (QED) is 0.736. The number of aryl methyl sites for hydroxylation is 1. The summed E-state index contributed by atoms with van der Waals surface area (Å²) in [7, 11) is 1.56. The number of ether oxygens (including phenoxy) is 1. The molecule has 0 aromatic heterocycles. The third-order valence-corrected chi connectivity index (χ3v) is 4.70. The van der Waals surface area contributed by atoms with Crippen LogP contribution in [0.4, 0.5) is 16.2 Å². The molecule has 0 aliphatic heterocycles. The molecule has 0 bridgehead atoms. The summed E-state index contributed by atoms with van der Waals surface area (Å²) < 4.78 is 5.26. The van der Waals surface area contributed by atoms with Gasteiger partial charge in [-0.1, -0.05) is 18.9 Å². The fraction of sp³-hybridized carbons (Fsp3) is 0.333. The lowest BCUT2D eigenvalue weighted by atomic mass is 10.1. The molecule has 1 fully saturated rings. The maximum atomic E-state index is 12.3. The van der Waals surface area contributed by atoms with Crippen molar-refractivity contribution in [2.45, 2.75) is 38.6 Å². The lowest BCUT2D eigenvalue weighted by Crippen LogP contribution is -2.32. The van der Waals surface area contributed by atoms with Crippen LogP contribution in [0, 0.1) is 6.92 Å². The maximum Gasteiger partial charge on any atom is 0.323 e. The fourth-order valence-corrected chi connectivity index (χ4v) is 3.25. The minimum Gasteiger partial charge on any atom is -0.495 e. The molecule has 0 atom stereocenters. The Kier molecular flexibility index (Phi) is 5.96.